The van der Waals surface area contributed by atoms with Crippen molar-refractivity contribution in [3.8, 4) is 0 Å². The molecule has 0 aliphatic carbocycles. The number of halogens is 1. The molecule has 1 N–H and O–H groups in total. The van der Waals surface area contributed by atoms with Crippen LogP contribution in [0, 0.1) is 0 Å². The van der Waals surface area contributed by atoms with Gasteiger partial charge in [-0.2, -0.15) is 0 Å². The Morgan fingerprint density at radius 1 is 1.19 bits per heavy atom. The quantitative estimate of drug-likeness (QED) is 0.831. The summed E-state index contributed by atoms with van der Waals surface area (Å²) in [7, 11) is 0. The molecule has 5 heteroatoms. The van der Waals surface area contributed by atoms with Gasteiger partial charge in [-0.15, -0.1) is 10.3 Å². The summed E-state index contributed by atoms with van der Waals surface area (Å²) in [5.41, 5.74) is 1.56. The summed E-state index contributed by atoms with van der Waals surface area (Å²) in [5, 5.41) is 25.0. The molecule has 1 aromatic heterocycles. The van der Waals surface area contributed by atoms with Gasteiger partial charge in [-0.25, -0.2) is 0 Å². The van der Waals surface area contributed by atoms with Crippen LogP contribution < -0.4 is 0 Å². The van der Waals surface area contributed by atoms with E-state index in [1.807, 2.05) is 45.9 Å². The van der Waals surface area contributed by atoms with E-state index in [1.54, 1.807) is 0 Å². The van der Waals surface area contributed by atoms with Gasteiger partial charge in [0.1, 0.15) is 17.4 Å². The third-order valence-electron chi connectivity index (χ3n) is 4.48. The van der Waals surface area contributed by atoms with Gasteiger partial charge in [0.15, 0.2) is 0 Å². The highest BCUT2D eigenvalue weighted by atomic mass is 79.9. The molecule has 1 aliphatic rings. The second-order valence-electron chi connectivity index (χ2n) is 6.67. The zero-order chi connectivity index (χ0) is 15.6. The second kappa shape index (κ2) is 4.56. The molecule has 1 atom stereocenters. The largest absolute Gasteiger partial charge is 0.458 e. The number of aliphatic hydroxyl groups excluding tert-OH is 1. The lowest BCUT2D eigenvalue weighted by molar-refractivity contribution is -0.266. The van der Waals surface area contributed by atoms with E-state index in [0.29, 0.717) is 16.7 Å². The number of aliphatic hydroxyl groups is 1. The molecule has 1 aromatic carbocycles. The fourth-order valence-electron chi connectivity index (χ4n) is 3.28. The van der Waals surface area contributed by atoms with Crippen molar-refractivity contribution in [2.45, 2.75) is 44.9 Å². The second-order valence-corrected chi connectivity index (χ2v) is 7.31. The summed E-state index contributed by atoms with van der Waals surface area (Å²) in [4.78, 5) is 0. The summed E-state index contributed by atoms with van der Waals surface area (Å²) >= 11 is 3.25. The van der Waals surface area contributed by atoms with Crippen LogP contribution >= 0.6 is 15.9 Å². The third-order valence-corrected chi connectivity index (χ3v) is 5.10. The highest BCUT2D eigenvalue weighted by Gasteiger charge is 2.50. The number of alkyl halides is 1. The highest BCUT2D eigenvalue weighted by Crippen LogP contribution is 2.49. The molecular formula is C16H19BrNO3. The van der Waals surface area contributed by atoms with E-state index < -0.39 is 17.2 Å². The normalized spacial score (nSPS) is 21.7. The average molecular weight is 353 g/mol. The number of hydrogen-bond donors (Lipinski definition) is 1. The maximum atomic E-state index is 12.6. The molecule has 0 amide bonds. The van der Waals surface area contributed by atoms with Crippen LogP contribution in [-0.4, -0.2) is 15.5 Å². The van der Waals surface area contributed by atoms with Crippen molar-refractivity contribution in [3.05, 3.63) is 35.1 Å². The molecule has 0 bridgehead atoms. The molecule has 0 fully saturated rings. The highest BCUT2D eigenvalue weighted by molar-refractivity contribution is 9.09. The Labute approximate surface area is 132 Å². The van der Waals surface area contributed by atoms with Gasteiger partial charge in [-0.05, 0) is 57.0 Å². The minimum Gasteiger partial charge on any atom is -0.458 e. The maximum Gasteiger partial charge on any atom is 0.134 e. The SMILES string of the molecule is CC1(C)c2cc3cc(C(O)CBr)oc3cc2C(C)(C)N1[O]. The van der Waals surface area contributed by atoms with Gasteiger partial charge in [-0.1, -0.05) is 15.9 Å². The third kappa shape index (κ3) is 1.99. The molecule has 2 heterocycles. The standard InChI is InChI=1S/C16H19BrNO3/c1-15(2)10-5-9-6-14(12(19)8-17)21-13(9)7-11(10)16(3,4)18(15)20/h5-7,12,19H,8H2,1-4H3. The van der Waals surface area contributed by atoms with Crippen molar-refractivity contribution in [3.63, 3.8) is 0 Å². The number of rotatable bonds is 2. The Kier molecular flexibility index (Phi) is 3.26. The number of benzene rings is 1. The van der Waals surface area contributed by atoms with Crippen LogP contribution in [0.15, 0.2) is 22.6 Å². The topological polar surface area (TPSA) is 56.5 Å². The zero-order valence-corrected chi connectivity index (χ0v) is 14.2. The summed E-state index contributed by atoms with van der Waals surface area (Å²) < 4.78 is 5.74. The number of hydroxylamine groups is 2. The van der Waals surface area contributed by atoms with Crippen molar-refractivity contribution in [1.29, 1.82) is 0 Å². The molecule has 1 unspecified atom stereocenters. The van der Waals surface area contributed by atoms with Crippen LogP contribution in [0.5, 0.6) is 0 Å². The van der Waals surface area contributed by atoms with Crippen LogP contribution in [0.25, 0.3) is 11.0 Å². The number of hydrogen-bond acceptors (Lipinski definition) is 3. The van der Waals surface area contributed by atoms with E-state index in [2.05, 4.69) is 15.9 Å². The average Bonchev–Trinajstić information content (AvgIpc) is 2.91. The van der Waals surface area contributed by atoms with Crippen molar-refractivity contribution >= 4 is 26.9 Å². The molecule has 21 heavy (non-hydrogen) atoms. The minimum absolute atomic E-state index is 0.428. The summed E-state index contributed by atoms with van der Waals surface area (Å²) in [6.07, 6.45) is -0.663. The van der Waals surface area contributed by atoms with Crippen molar-refractivity contribution in [2.24, 2.45) is 0 Å². The first-order valence-electron chi connectivity index (χ1n) is 6.99. The van der Waals surface area contributed by atoms with Gasteiger partial charge < -0.3 is 9.52 Å². The molecular weight excluding hydrogens is 334 g/mol. The van der Waals surface area contributed by atoms with Gasteiger partial charge in [0.2, 0.25) is 0 Å². The monoisotopic (exact) mass is 352 g/mol. The van der Waals surface area contributed by atoms with Crippen molar-refractivity contribution in [2.75, 3.05) is 5.33 Å². The number of nitrogens with zero attached hydrogens (tertiary/aromatic N) is 1. The van der Waals surface area contributed by atoms with E-state index in [1.165, 1.54) is 0 Å². The lowest BCUT2D eigenvalue weighted by atomic mass is 9.89. The molecule has 2 aromatic rings. The Bertz CT molecular complexity index is 652. The van der Waals surface area contributed by atoms with Crippen LogP contribution in [-0.2, 0) is 16.3 Å². The Hall–Kier alpha value is -0.880. The maximum absolute atomic E-state index is 12.6. The minimum atomic E-state index is -0.663. The van der Waals surface area contributed by atoms with E-state index in [9.17, 15) is 10.3 Å². The van der Waals surface area contributed by atoms with Crippen LogP contribution in [0.1, 0.15) is 50.7 Å². The van der Waals surface area contributed by atoms with Gasteiger partial charge in [-0.3, -0.25) is 0 Å². The first-order valence-corrected chi connectivity index (χ1v) is 8.11. The van der Waals surface area contributed by atoms with Crippen LogP contribution in [0.4, 0.5) is 0 Å². The van der Waals surface area contributed by atoms with Crippen molar-refractivity contribution in [1.82, 2.24) is 5.06 Å². The molecule has 113 valence electrons. The van der Waals surface area contributed by atoms with Crippen LogP contribution in [0.3, 0.4) is 0 Å². The van der Waals surface area contributed by atoms with Gasteiger partial charge in [0.05, 0.1) is 11.1 Å². The molecule has 1 aliphatic heterocycles. The summed E-state index contributed by atoms with van der Waals surface area (Å²) in [6, 6.07) is 5.80. The molecule has 0 spiro atoms. The van der Waals surface area contributed by atoms with Crippen molar-refractivity contribution < 1.29 is 14.7 Å². The predicted molar refractivity (Wildman–Crippen MR) is 83.5 cm³/mol. The van der Waals surface area contributed by atoms with Gasteiger partial charge in [0, 0.05) is 10.7 Å². The van der Waals surface area contributed by atoms with E-state index in [4.69, 9.17) is 4.42 Å². The fraction of sp³-hybridized carbons (Fsp3) is 0.500. The molecule has 1 radical (unpaired) electrons. The Morgan fingerprint density at radius 2 is 1.76 bits per heavy atom. The number of fused-ring (bicyclic) bond motifs is 2. The van der Waals surface area contributed by atoms with Crippen LogP contribution in [0.2, 0.25) is 0 Å². The zero-order valence-electron chi connectivity index (χ0n) is 12.6. The smallest absolute Gasteiger partial charge is 0.134 e. The summed E-state index contributed by atoms with van der Waals surface area (Å²) in [5.74, 6) is 0.542. The predicted octanol–water partition coefficient (Wildman–Crippen LogP) is 3.99. The Balaban J connectivity index is 2.23. The van der Waals surface area contributed by atoms with E-state index >= 15 is 0 Å². The molecule has 4 nitrogen and oxygen atoms in total. The fourth-order valence-corrected chi connectivity index (χ4v) is 3.60. The first-order chi connectivity index (χ1) is 9.69. The Morgan fingerprint density at radius 3 is 2.33 bits per heavy atom. The molecule has 0 saturated heterocycles. The lowest BCUT2D eigenvalue weighted by Crippen LogP contribution is -2.41. The first kappa shape index (κ1) is 15.0. The summed E-state index contributed by atoms with van der Waals surface area (Å²) in [6.45, 7) is 7.73. The van der Waals surface area contributed by atoms with Gasteiger partial charge in [0.25, 0.3) is 0 Å². The molecule has 0 saturated carbocycles. The van der Waals surface area contributed by atoms with E-state index in [0.717, 1.165) is 21.6 Å². The number of furan rings is 1. The van der Waals surface area contributed by atoms with Gasteiger partial charge >= 0.3 is 0 Å². The lowest BCUT2D eigenvalue weighted by Gasteiger charge is -2.32. The molecule has 3 rings (SSSR count). The van der Waals surface area contributed by atoms with E-state index in [-0.39, 0.29) is 0 Å².